The molecule has 1 aliphatic rings. The van der Waals surface area contributed by atoms with Gasteiger partial charge in [-0.15, -0.1) is 0 Å². The van der Waals surface area contributed by atoms with Crippen LogP contribution in [-0.4, -0.2) is 49.2 Å². The molecule has 1 saturated heterocycles. The Morgan fingerprint density at radius 3 is 2.78 bits per heavy atom. The molecular formula is C14H28N2O2. The van der Waals surface area contributed by atoms with Gasteiger partial charge in [-0.3, -0.25) is 9.69 Å². The maximum Gasteiger partial charge on any atom is 0.327 e. The lowest BCUT2D eigenvalue weighted by atomic mass is 10.0. The van der Waals surface area contributed by atoms with Crippen molar-refractivity contribution in [1.29, 1.82) is 0 Å². The van der Waals surface area contributed by atoms with Crippen LogP contribution in [0, 0.1) is 0 Å². The molecule has 4 heteroatoms. The lowest BCUT2D eigenvalue weighted by molar-refractivity contribution is -0.151. The molecule has 1 N–H and O–H groups in total. The Bertz CT molecular complexity index is 271. The lowest BCUT2D eigenvalue weighted by Gasteiger charge is -2.36. The van der Waals surface area contributed by atoms with Crippen LogP contribution in [0.4, 0.5) is 0 Å². The molecule has 0 radical (unpaired) electrons. The zero-order valence-electron chi connectivity index (χ0n) is 12.3. The summed E-state index contributed by atoms with van der Waals surface area (Å²) < 4.78 is 5.18. The van der Waals surface area contributed by atoms with Gasteiger partial charge in [-0.2, -0.15) is 0 Å². The first kappa shape index (κ1) is 15.4. The fraction of sp³-hybridized carbons (Fsp3) is 0.929. The maximum absolute atomic E-state index is 12.1. The van der Waals surface area contributed by atoms with Gasteiger partial charge in [-0.1, -0.05) is 12.8 Å². The minimum atomic E-state index is -0.603. The summed E-state index contributed by atoms with van der Waals surface area (Å²) in [5.74, 6) is -0.149. The summed E-state index contributed by atoms with van der Waals surface area (Å²) >= 11 is 0. The van der Waals surface area contributed by atoms with Gasteiger partial charge in [0, 0.05) is 12.6 Å². The molecule has 106 valence electrons. The average Bonchev–Trinajstić information content (AvgIpc) is 2.55. The third-order valence-corrected chi connectivity index (χ3v) is 3.99. The molecule has 0 saturated carbocycles. The third-order valence-electron chi connectivity index (χ3n) is 3.99. The van der Waals surface area contributed by atoms with E-state index in [2.05, 4.69) is 17.1 Å². The number of ether oxygens (including phenoxy) is 1. The monoisotopic (exact) mass is 256 g/mol. The highest BCUT2D eigenvalue weighted by atomic mass is 16.5. The first-order valence-electron chi connectivity index (χ1n) is 7.13. The smallest absolute Gasteiger partial charge is 0.327 e. The van der Waals surface area contributed by atoms with Crippen molar-refractivity contribution in [2.24, 2.45) is 0 Å². The van der Waals surface area contributed by atoms with Crippen LogP contribution in [0.1, 0.15) is 46.5 Å². The van der Waals surface area contributed by atoms with Crippen molar-refractivity contribution in [3.63, 3.8) is 0 Å². The zero-order chi connectivity index (χ0) is 13.6. The molecule has 0 bridgehead atoms. The second kappa shape index (κ2) is 7.10. The standard InChI is InChI=1S/C14H28N2O2/c1-5-18-13(17)14(3,15-4)11-16-10-8-6-7-9-12(16)2/h12,15H,5-11H2,1-4H3. The van der Waals surface area contributed by atoms with Crippen LogP contribution in [-0.2, 0) is 9.53 Å². The summed E-state index contributed by atoms with van der Waals surface area (Å²) in [5, 5.41) is 3.14. The van der Waals surface area contributed by atoms with Gasteiger partial charge in [0.05, 0.1) is 6.61 Å². The highest BCUT2D eigenvalue weighted by Crippen LogP contribution is 2.19. The maximum atomic E-state index is 12.1. The number of nitrogens with one attached hydrogen (secondary N) is 1. The Morgan fingerprint density at radius 1 is 1.44 bits per heavy atom. The second-order valence-electron chi connectivity index (χ2n) is 5.47. The molecule has 0 aliphatic carbocycles. The number of likely N-dealkylation sites (N-methyl/N-ethyl adjacent to an activating group) is 1. The second-order valence-corrected chi connectivity index (χ2v) is 5.47. The van der Waals surface area contributed by atoms with E-state index in [1.807, 2.05) is 20.9 Å². The van der Waals surface area contributed by atoms with E-state index in [0.717, 1.165) is 13.1 Å². The van der Waals surface area contributed by atoms with Crippen molar-refractivity contribution in [3.05, 3.63) is 0 Å². The van der Waals surface area contributed by atoms with Crippen molar-refractivity contribution < 1.29 is 9.53 Å². The van der Waals surface area contributed by atoms with Crippen LogP contribution in [0.15, 0.2) is 0 Å². The van der Waals surface area contributed by atoms with E-state index in [1.165, 1.54) is 25.7 Å². The number of carbonyl (C=O) groups is 1. The van der Waals surface area contributed by atoms with E-state index in [9.17, 15) is 4.79 Å². The van der Waals surface area contributed by atoms with Gasteiger partial charge in [0.2, 0.25) is 0 Å². The predicted molar refractivity (Wildman–Crippen MR) is 73.6 cm³/mol. The topological polar surface area (TPSA) is 41.6 Å². The molecule has 2 unspecified atom stereocenters. The first-order chi connectivity index (χ1) is 8.53. The molecule has 2 atom stereocenters. The molecule has 0 spiro atoms. The lowest BCUT2D eigenvalue weighted by Crippen LogP contribution is -2.57. The van der Waals surface area contributed by atoms with Gasteiger partial charge in [0.25, 0.3) is 0 Å². The van der Waals surface area contributed by atoms with Crippen molar-refractivity contribution in [2.45, 2.75) is 58.0 Å². The number of esters is 1. The largest absolute Gasteiger partial charge is 0.465 e. The first-order valence-corrected chi connectivity index (χ1v) is 7.13. The van der Waals surface area contributed by atoms with Crippen molar-refractivity contribution in [2.75, 3.05) is 26.7 Å². The minimum Gasteiger partial charge on any atom is -0.465 e. The van der Waals surface area contributed by atoms with Crippen molar-refractivity contribution >= 4 is 5.97 Å². The summed E-state index contributed by atoms with van der Waals surface area (Å²) in [6.07, 6.45) is 5.05. The van der Waals surface area contributed by atoms with Crippen LogP contribution in [0.2, 0.25) is 0 Å². The molecule has 18 heavy (non-hydrogen) atoms. The number of hydrogen-bond donors (Lipinski definition) is 1. The fourth-order valence-electron chi connectivity index (χ4n) is 2.51. The van der Waals surface area contributed by atoms with Crippen molar-refractivity contribution in [1.82, 2.24) is 10.2 Å². The number of carbonyl (C=O) groups excluding carboxylic acids is 1. The number of nitrogens with zero attached hydrogens (tertiary/aromatic N) is 1. The van der Waals surface area contributed by atoms with Crippen LogP contribution in [0.3, 0.4) is 0 Å². The van der Waals surface area contributed by atoms with Crippen LogP contribution < -0.4 is 5.32 Å². The fourth-order valence-corrected chi connectivity index (χ4v) is 2.51. The van der Waals surface area contributed by atoms with Gasteiger partial charge < -0.3 is 10.1 Å². The van der Waals surface area contributed by atoms with E-state index in [-0.39, 0.29) is 5.97 Å². The molecule has 0 aromatic rings. The molecule has 0 aromatic heterocycles. The molecule has 1 heterocycles. The summed E-state index contributed by atoms with van der Waals surface area (Å²) in [6.45, 7) is 8.28. The average molecular weight is 256 g/mol. The van der Waals surface area contributed by atoms with E-state index in [1.54, 1.807) is 0 Å². The normalized spacial score (nSPS) is 25.2. The Kier molecular flexibility index (Phi) is 6.09. The molecule has 1 fully saturated rings. The molecule has 0 aromatic carbocycles. The Balaban J connectivity index is 2.67. The molecule has 1 rings (SSSR count). The Morgan fingerprint density at radius 2 is 2.17 bits per heavy atom. The van der Waals surface area contributed by atoms with Gasteiger partial charge in [0.15, 0.2) is 0 Å². The zero-order valence-corrected chi connectivity index (χ0v) is 12.3. The highest BCUT2D eigenvalue weighted by molar-refractivity contribution is 5.80. The van der Waals surface area contributed by atoms with E-state index < -0.39 is 5.54 Å². The van der Waals surface area contributed by atoms with E-state index in [0.29, 0.717) is 12.6 Å². The Hall–Kier alpha value is -0.610. The van der Waals surface area contributed by atoms with Crippen LogP contribution in [0.5, 0.6) is 0 Å². The van der Waals surface area contributed by atoms with E-state index in [4.69, 9.17) is 4.74 Å². The predicted octanol–water partition coefficient (Wildman–Crippen LogP) is 1.79. The van der Waals surface area contributed by atoms with Crippen LogP contribution >= 0.6 is 0 Å². The highest BCUT2D eigenvalue weighted by Gasteiger charge is 2.36. The summed E-state index contributed by atoms with van der Waals surface area (Å²) in [6, 6.07) is 0.551. The van der Waals surface area contributed by atoms with Gasteiger partial charge in [0.1, 0.15) is 5.54 Å². The molecular weight excluding hydrogens is 228 g/mol. The summed E-state index contributed by atoms with van der Waals surface area (Å²) in [4.78, 5) is 14.5. The quantitative estimate of drug-likeness (QED) is 0.762. The Labute approximate surface area is 111 Å². The third kappa shape index (κ3) is 3.95. The number of likely N-dealkylation sites (tertiary alicyclic amines) is 1. The van der Waals surface area contributed by atoms with Crippen LogP contribution in [0.25, 0.3) is 0 Å². The summed E-state index contributed by atoms with van der Waals surface area (Å²) in [5.41, 5.74) is -0.603. The molecule has 4 nitrogen and oxygen atoms in total. The van der Waals surface area contributed by atoms with Gasteiger partial charge in [-0.05, 0) is 47.2 Å². The summed E-state index contributed by atoms with van der Waals surface area (Å²) in [7, 11) is 1.83. The molecule has 1 aliphatic heterocycles. The van der Waals surface area contributed by atoms with Gasteiger partial charge >= 0.3 is 5.97 Å². The molecule has 0 amide bonds. The number of hydrogen-bond acceptors (Lipinski definition) is 4. The SMILES string of the molecule is CCOC(=O)C(C)(CN1CCCCCC1C)NC. The minimum absolute atomic E-state index is 0.149. The van der Waals surface area contributed by atoms with E-state index >= 15 is 0 Å². The van der Waals surface area contributed by atoms with Crippen molar-refractivity contribution in [3.8, 4) is 0 Å². The van der Waals surface area contributed by atoms with Gasteiger partial charge in [-0.25, -0.2) is 0 Å². The number of rotatable bonds is 5.